The molecule has 4 nitrogen and oxygen atoms in total. The highest BCUT2D eigenvalue weighted by Crippen LogP contribution is 2.14. The Bertz CT molecular complexity index is 659. The number of ether oxygens (including phenoxy) is 1. The number of thiocarbonyl (C=S) groups is 1. The van der Waals surface area contributed by atoms with Crippen LogP contribution in [0.2, 0.25) is 0 Å². The van der Waals surface area contributed by atoms with Gasteiger partial charge in [-0.25, -0.2) is 4.79 Å². The predicted octanol–water partition coefficient (Wildman–Crippen LogP) is 3.52. The Morgan fingerprint density at radius 2 is 1.86 bits per heavy atom. The lowest BCUT2D eigenvalue weighted by Crippen LogP contribution is -2.30. The number of hydrogen-bond acceptors (Lipinski definition) is 3. The number of methoxy groups -OCH3 is 1. The number of hydrogen-bond donors (Lipinski definition) is 2. The summed E-state index contributed by atoms with van der Waals surface area (Å²) in [5.74, 6) is -0.375. The van der Waals surface area contributed by atoms with Crippen molar-refractivity contribution in [2.45, 2.75) is 13.0 Å². The van der Waals surface area contributed by atoms with E-state index in [2.05, 4.69) is 10.6 Å². The maximum Gasteiger partial charge on any atom is 0.337 e. The molecule has 2 rings (SSSR count). The van der Waals surface area contributed by atoms with Crippen LogP contribution in [-0.4, -0.2) is 18.2 Å². The molecule has 114 valence electrons. The van der Waals surface area contributed by atoms with Crippen LogP contribution in [0.1, 0.15) is 28.9 Å². The third-order valence-electron chi connectivity index (χ3n) is 3.19. The summed E-state index contributed by atoms with van der Waals surface area (Å²) >= 11 is 5.31. The van der Waals surface area contributed by atoms with Gasteiger partial charge in [-0.3, -0.25) is 0 Å². The second-order valence-corrected chi connectivity index (χ2v) is 5.21. The normalized spacial score (nSPS) is 11.4. The van der Waals surface area contributed by atoms with Gasteiger partial charge in [-0.15, -0.1) is 0 Å². The Labute approximate surface area is 135 Å². The first-order valence-corrected chi connectivity index (χ1v) is 7.32. The third kappa shape index (κ3) is 4.30. The average molecular weight is 314 g/mol. The van der Waals surface area contributed by atoms with E-state index in [1.54, 1.807) is 18.2 Å². The molecule has 0 unspecified atom stereocenters. The van der Waals surface area contributed by atoms with Gasteiger partial charge < -0.3 is 15.4 Å². The summed E-state index contributed by atoms with van der Waals surface area (Å²) < 4.78 is 4.70. The van der Waals surface area contributed by atoms with Gasteiger partial charge in [0.15, 0.2) is 5.11 Å². The van der Waals surface area contributed by atoms with Crippen LogP contribution in [0, 0.1) is 0 Å². The zero-order valence-corrected chi connectivity index (χ0v) is 13.3. The van der Waals surface area contributed by atoms with E-state index in [0.29, 0.717) is 10.7 Å². The zero-order valence-electron chi connectivity index (χ0n) is 12.5. The summed E-state index contributed by atoms with van der Waals surface area (Å²) in [7, 11) is 1.36. The lowest BCUT2D eigenvalue weighted by Gasteiger charge is -2.17. The summed E-state index contributed by atoms with van der Waals surface area (Å²) in [5.41, 5.74) is 2.36. The van der Waals surface area contributed by atoms with Crippen LogP contribution >= 0.6 is 12.2 Å². The van der Waals surface area contributed by atoms with Gasteiger partial charge in [0.05, 0.1) is 18.7 Å². The smallest absolute Gasteiger partial charge is 0.337 e. The highest BCUT2D eigenvalue weighted by atomic mass is 32.1. The number of carbonyl (C=O) groups is 1. The molecule has 0 radical (unpaired) electrons. The molecular weight excluding hydrogens is 296 g/mol. The Hall–Kier alpha value is -2.40. The van der Waals surface area contributed by atoms with Crippen molar-refractivity contribution in [3.05, 3.63) is 65.7 Å². The van der Waals surface area contributed by atoms with Crippen LogP contribution in [0.5, 0.6) is 0 Å². The number of rotatable bonds is 4. The van der Waals surface area contributed by atoms with E-state index in [9.17, 15) is 4.79 Å². The number of carbonyl (C=O) groups excluding carboxylic acids is 1. The standard InChI is InChI=1S/C17H18N2O2S/c1-12(13-7-4-3-5-8-13)18-17(22)19-15-10-6-9-14(11-15)16(20)21-2/h3-12H,1-2H3,(H2,18,19,22)/t12-/m0/s1. The number of anilines is 1. The minimum atomic E-state index is -0.375. The molecule has 22 heavy (non-hydrogen) atoms. The molecule has 0 spiro atoms. The summed E-state index contributed by atoms with van der Waals surface area (Å²) in [6, 6.07) is 17.1. The van der Waals surface area contributed by atoms with Gasteiger partial charge in [0.1, 0.15) is 0 Å². The number of benzene rings is 2. The van der Waals surface area contributed by atoms with Crippen molar-refractivity contribution in [1.29, 1.82) is 0 Å². The molecule has 0 aliphatic rings. The molecule has 1 atom stereocenters. The summed E-state index contributed by atoms with van der Waals surface area (Å²) in [6.45, 7) is 2.04. The van der Waals surface area contributed by atoms with E-state index in [4.69, 9.17) is 17.0 Å². The van der Waals surface area contributed by atoms with E-state index in [-0.39, 0.29) is 12.0 Å². The van der Waals surface area contributed by atoms with Crippen molar-refractivity contribution in [2.75, 3.05) is 12.4 Å². The van der Waals surface area contributed by atoms with Crippen LogP contribution < -0.4 is 10.6 Å². The van der Waals surface area contributed by atoms with Crippen LogP contribution in [0.4, 0.5) is 5.69 Å². The van der Waals surface area contributed by atoms with Gasteiger partial charge in [-0.2, -0.15) is 0 Å². The fourth-order valence-electron chi connectivity index (χ4n) is 2.03. The molecule has 0 aromatic heterocycles. The molecular formula is C17H18N2O2S. The lowest BCUT2D eigenvalue weighted by atomic mass is 10.1. The Morgan fingerprint density at radius 3 is 2.55 bits per heavy atom. The minimum absolute atomic E-state index is 0.0880. The van der Waals surface area contributed by atoms with Crippen LogP contribution in [-0.2, 0) is 4.74 Å². The van der Waals surface area contributed by atoms with Crippen molar-refractivity contribution in [1.82, 2.24) is 5.32 Å². The van der Waals surface area contributed by atoms with E-state index in [0.717, 1.165) is 11.3 Å². The lowest BCUT2D eigenvalue weighted by molar-refractivity contribution is 0.0601. The van der Waals surface area contributed by atoms with Crippen molar-refractivity contribution in [3.63, 3.8) is 0 Å². The Kier molecular flexibility index (Phi) is 5.49. The second kappa shape index (κ2) is 7.56. The van der Waals surface area contributed by atoms with Crippen molar-refractivity contribution >= 4 is 29.0 Å². The predicted molar refractivity (Wildman–Crippen MR) is 92.0 cm³/mol. The molecule has 0 bridgehead atoms. The average Bonchev–Trinajstić information content (AvgIpc) is 2.55. The van der Waals surface area contributed by atoms with Gasteiger partial charge in [-0.1, -0.05) is 36.4 Å². The molecule has 0 heterocycles. The summed E-state index contributed by atoms with van der Waals surface area (Å²) in [4.78, 5) is 11.5. The molecule has 2 aromatic carbocycles. The van der Waals surface area contributed by atoms with E-state index in [1.165, 1.54) is 7.11 Å². The molecule has 2 N–H and O–H groups in total. The first-order valence-electron chi connectivity index (χ1n) is 6.91. The fourth-order valence-corrected chi connectivity index (χ4v) is 2.33. The van der Waals surface area contributed by atoms with Crippen LogP contribution in [0.3, 0.4) is 0 Å². The minimum Gasteiger partial charge on any atom is -0.465 e. The van der Waals surface area contributed by atoms with Crippen LogP contribution in [0.15, 0.2) is 54.6 Å². The first-order chi connectivity index (χ1) is 10.6. The van der Waals surface area contributed by atoms with E-state index >= 15 is 0 Å². The highest BCUT2D eigenvalue weighted by molar-refractivity contribution is 7.80. The molecule has 0 aliphatic carbocycles. The van der Waals surface area contributed by atoms with Gasteiger partial charge in [0.2, 0.25) is 0 Å². The summed E-state index contributed by atoms with van der Waals surface area (Å²) in [5, 5.41) is 6.78. The first kappa shape index (κ1) is 16.0. The molecule has 0 amide bonds. The van der Waals surface area contributed by atoms with Gasteiger partial charge in [0, 0.05) is 5.69 Å². The zero-order chi connectivity index (χ0) is 15.9. The maximum atomic E-state index is 11.5. The topological polar surface area (TPSA) is 50.4 Å². The monoisotopic (exact) mass is 314 g/mol. The van der Waals surface area contributed by atoms with Crippen molar-refractivity contribution in [2.24, 2.45) is 0 Å². The van der Waals surface area contributed by atoms with E-state index in [1.807, 2.05) is 43.3 Å². The molecule has 2 aromatic rings. The molecule has 0 aliphatic heterocycles. The molecule has 5 heteroatoms. The van der Waals surface area contributed by atoms with E-state index < -0.39 is 0 Å². The third-order valence-corrected chi connectivity index (χ3v) is 3.41. The van der Waals surface area contributed by atoms with Gasteiger partial charge in [0.25, 0.3) is 0 Å². The van der Waals surface area contributed by atoms with Crippen molar-refractivity contribution in [3.8, 4) is 0 Å². The number of nitrogens with one attached hydrogen (secondary N) is 2. The maximum absolute atomic E-state index is 11.5. The largest absolute Gasteiger partial charge is 0.465 e. The fraction of sp³-hybridized carbons (Fsp3) is 0.176. The highest BCUT2D eigenvalue weighted by Gasteiger charge is 2.08. The Morgan fingerprint density at radius 1 is 1.14 bits per heavy atom. The SMILES string of the molecule is COC(=O)c1cccc(NC(=S)N[C@@H](C)c2ccccc2)c1. The summed E-state index contributed by atoms with van der Waals surface area (Å²) in [6.07, 6.45) is 0. The van der Waals surface area contributed by atoms with Crippen LogP contribution in [0.25, 0.3) is 0 Å². The molecule has 0 saturated carbocycles. The van der Waals surface area contributed by atoms with Gasteiger partial charge >= 0.3 is 5.97 Å². The molecule has 0 saturated heterocycles. The van der Waals surface area contributed by atoms with Crippen molar-refractivity contribution < 1.29 is 9.53 Å². The quantitative estimate of drug-likeness (QED) is 0.668. The second-order valence-electron chi connectivity index (χ2n) is 4.80. The van der Waals surface area contributed by atoms with Gasteiger partial charge in [-0.05, 0) is 42.9 Å². The number of esters is 1. The molecule has 0 fully saturated rings. The Balaban J connectivity index is 1.99.